The normalized spacial score (nSPS) is 12.4. The van der Waals surface area contributed by atoms with Gasteiger partial charge in [-0.2, -0.15) is 0 Å². The molecule has 0 radical (unpaired) electrons. The minimum Gasteiger partial charge on any atom is -0.382 e. The SMILES string of the molecule is CNCc1ccnc(NCC(COC)OC)c1F. The molecule has 0 amide bonds. The Morgan fingerprint density at radius 1 is 1.44 bits per heavy atom. The molecule has 0 spiro atoms. The Labute approximate surface area is 107 Å². The van der Waals surface area contributed by atoms with Gasteiger partial charge >= 0.3 is 0 Å². The van der Waals surface area contributed by atoms with Gasteiger partial charge in [0.05, 0.1) is 12.7 Å². The molecule has 0 fully saturated rings. The number of hydrogen-bond acceptors (Lipinski definition) is 5. The van der Waals surface area contributed by atoms with Gasteiger partial charge in [0, 0.05) is 39.1 Å². The van der Waals surface area contributed by atoms with Crippen molar-refractivity contribution in [3.63, 3.8) is 0 Å². The zero-order valence-electron chi connectivity index (χ0n) is 11.0. The fourth-order valence-electron chi connectivity index (χ4n) is 1.54. The molecule has 2 N–H and O–H groups in total. The Balaban J connectivity index is 2.63. The summed E-state index contributed by atoms with van der Waals surface area (Å²) >= 11 is 0. The topological polar surface area (TPSA) is 55.4 Å². The summed E-state index contributed by atoms with van der Waals surface area (Å²) in [6.07, 6.45) is 1.44. The molecule has 18 heavy (non-hydrogen) atoms. The lowest BCUT2D eigenvalue weighted by atomic mass is 10.2. The lowest BCUT2D eigenvalue weighted by molar-refractivity contribution is 0.0365. The van der Waals surface area contributed by atoms with E-state index >= 15 is 0 Å². The van der Waals surface area contributed by atoms with Gasteiger partial charge in [0.2, 0.25) is 0 Å². The second-order valence-electron chi connectivity index (χ2n) is 3.86. The molecule has 0 aliphatic carbocycles. The molecule has 6 heteroatoms. The van der Waals surface area contributed by atoms with Gasteiger partial charge in [0.25, 0.3) is 0 Å². The Morgan fingerprint density at radius 2 is 2.22 bits per heavy atom. The molecule has 1 aromatic rings. The van der Waals surface area contributed by atoms with Gasteiger partial charge < -0.3 is 20.1 Å². The predicted molar refractivity (Wildman–Crippen MR) is 68.1 cm³/mol. The molecule has 1 unspecified atom stereocenters. The van der Waals surface area contributed by atoms with E-state index in [1.165, 1.54) is 0 Å². The van der Waals surface area contributed by atoms with Crippen molar-refractivity contribution in [3.8, 4) is 0 Å². The van der Waals surface area contributed by atoms with Gasteiger partial charge in [-0.25, -0.2) is 9.37 Å². The van der Waals surface area contributed by atoms with Gasteiger partial charge in [-0.1, -0.05) is 0 Å². The predicted octanol–water partition coefficient (Wildman–Crippen LogP) is 1.01. The third-order valence-corrected chi connectivity index (χ3v) is 2.52. The molecule has 0 aromatic carbocycles. The van der Waals surface area contributed by atoms with Crippen LogP contribution < -0.4 is 10.6 Å². The monoisotopic (exact) mass is 257 g/mol. The maximum absolute atomic E-state index is 14.0. The molecule has 0 saturated carbocycles. The van der Waals surface area contributed by atoms with Gasteiger partial charge in [-0.3, -0.25) is 0 Å². The minimum atomic E-state index is -0.334. The Hall–Kier alpha value is -1.24. The van der Waals surface area contributed by atoms with E-state index in [0.29, 0.717) is 25.3 Å². The van der Waals surface area contributed by atoms with Crippen LogP contribution in [0.4, 0.5) is 10.2 Å². The summed E-state index contributed by atoms with van der Waals surface area (Å²) in [6.45, 7) is 1.35. The molecule has 1 aromatic heterocycles. The molecule has 0 saturated heterocycles. The molecule has 1 atom stereocenters. The summed E-state index contributed by atoms with van der Waals surface area (Å²) < 4.78 is 24.1. The molecule has 0 aliphatic heterocycles. The quantitative estimate of drug-likeness (QED) is 0.728. The number of nitrogens with zero attached hydrogens (tertiary/aromatic N) is 1. The molecule has 102 valence electrons. The standard InChI is InChI=1S/C12H20FN3O2/c1-14-6-9-4-5-15-12(11(9)13)16-7-10(18-3)8-17-2/h4-5,10,14H,6-8H2,1-3H3,(H,15,16). The van der Waals surface area contributed by atoms with Crippen LogP contribution in [0.2, 0.25) is 0 Å². The molecule has 0 aliphatic rings. The first-order valence-electron chi connectivity index (χ1n) is 5.76. The van der Waals surface area contributed by atoms with Crippen LogP contribution in [-0.2, 0) is 16.0 Å². The van der Waals surface area contributed by atoms with Crippen LogP contribution in [0.25, 0.3) is 0 Å². The minimum absolute atomic E-state index is 0.135. The third-order valence-electron chi connectivity index (χ3n) is 2.52. The van der Waals surface area contributed by atoms with Crippen LogP contribution in [0.3, 0.4) is 0 Å². The van der Waals surface area contributed by atoms with E-state index in [-0.39, 0.29) is 17.7 Å². The number of halogens is 1. The van der Waals surface area contributed by atoms with Crippen molar-refractivity contribution in [3.05, 3.63) is 23.6 Å². The van der Waals surface area contributed by atoms with Crippen LogP contribution in [0.1, 0.15) is 5.56 Å². The maximum atomic E-state index is 14.0. The summed E-state index contributed by atoms with van der Waals surface area (Å²) in [6, 6.07) is 1.65. The van der Waals surface area contributed by atoms with Gasteiger partial charge in [-0.15, -0.1) is 0 Å². The second-order valence-corrected chi connectivity index (χ2v) is 3.86. The van der Waals surface area contributed by atoms with E-state index in [0.717, 1.165) is 0 Å². The van der Waals surface area contributed by atoms with Crippen LogP contribution >= 0.6 is 0 Å². The average molecular weight is 257 g/mol. The summed E-state index contributed by atoms with van der Waals surface area (Å²) in [5, 5.41) is 5.84. The largest absolute Gasteiger partial charge is 0.382 e. The van der Waals surface area contributed by atoms with E-state index in [4.69, 9.17) is 9.47 Å². The number of methoxy groups -OCH3 is 2. The molecule has 5 nitrogen and oxygen atoms in total. The van der Waals surface area contributed by atoms with Crippen LogP contribution in [0, 0.1) is 5.82 Å². The Kier molecular flexibility index (Phi) is 6.56. The number of pyridine rings is 1. The summed E-state index contributed by atoms with van der Waals surface area (Å²) in [4.78, 5) is 3.98. The second kappa shape index (κ2) is 7.97. The molecule has 1 heterocycles. The highest BCUT2D eigenvalue weighted by Crippen LogP contribution is 2.14. The molecular formula is C12H20FN3O2. The fourth-order valence-corrected chi connectivity index (χ4v) is 1.54. The smallest absolute Gasteiger partial charge is 0.169 e. The first-order valence-corrected chi connectivity index (χ1v) is 5.76. The van der Waals surface area contributed by atoms with Crippen molar-refractivity contribution in [1.82, 2.24) is 10.3 Å². The van der Waals surface area contributed by atoms with E-state index in [1.54, 1.807) is 33.5 Å². The number of aromatic nitrogens is 1. The number of hydrogen-bond donors (Lipinski definition) is 2. The summed E-state index contributed by atoms with van der Waals surface area (Å²) in [7, 11) is 4.96. The van der Waals surface area contributed by atoms with Gasteiger partial charge in [-0.05, 0) is 13.1 Å². The van der Waals surface area contributed by atoms with Crippen molar-refractivity contribution >= 4 is 5.82 Å². The van der Waals surface area contributed by atoms with Crippen LogP contribution in [0.5, 0.6) is 0 Å². The molecular weight excluding hydrogens is 237 g/mol. The Bertz CT molecular complexity index is 363. The highest BCUT2D eigenvalue weighted by atomic mass is 19.1. The van der Waals surface area contributed by atoms with Gasteiger partial charge in [0.1, 0.15) is 0 Å². The number of nitrogens with one attached hydrogen (secondary N) is 2. The van der Waals surface area contributed by atoms with Crippen molar-refractivity contribution in [2.45, 2.75) is 12.6 Å². The van der Waals surface area contributed by atoms with E-state index in [9.17, 15) is 4.39 Å². The number of ether oxygens (including phenoxy) is 2. The summed E-state index contributed by atoms with van der Waals surface area (Å²) in [5.74, 6) is -0.0972. The van der Waals surface area contributed by atoms with Crippen molar-refractivity contribution in [2.75, 3.05) is 39.7 Å². The average Bonchev–Trinajstić information content (AvgIpc) is 2.38. The lowest BCUT2D eigenvalue weighted by Crippen LogP contribution is -2.27. The lowest BCUT2D eigenvalue weighted by Gasteiger charge is -2.16. The zero-order chi connectivity index (χ0) is 13.4. The fraction of sp³-hybridized carbons (Fsp3) is 0.583. The highest BCUT2D eigenvalue weighted by Gasteiger charge is 2.11. The Morgan fingerprint density at radius 3 is 2.83 bits per heavy atom. The van der Waals surface area contributed by atoms with Crippen LogP contribution in [0.15, 0.2) is 12.3 Å². The van der Waals surface area contributed by atoms with Crippen molar-refractivity contribution < 1.29 is 13.9 Å². The molecule has 0 bridgehead atoms. The van der Waals surface area contributed by atoms with Crippen molar-refractivity contribution in [2.24, 2.45) is 0 Å². The van der Waals surface area contributed by atoms with Crippen molar-refractivity contribution in [1.29, 1.82) is 0 Å². The van der Waals surface area contributed by atoms with E-state index < -0.39 is 0 Å². The van der Waals surface area contributed by atoms with E-state index in [1.807, 2.05) is 0 Å². The molecule has 1 rings (SSSR count). The third kappa shape index (κ3) is 4.21. The zero-order valence-corrected chi connectivity index (χ0v) is 11.0. The van der Waals surface area contributed by atoms with Crippen LogP contribution in [-0.4, -0.2) is 45.5 Å². The van der Waals surface area contributed by atoms with E-state index in [2.05, 4.69) is 15.6 Å². The summed E-state index contributed by atoms with van der Waals surface area (Å²) in [5.41, 5.74) is 0.579. The highest BCUT2D eigenvalue weighted by molar-refractivity contribution is 5.40. The number of rotatable bonds is 8. The first-order chi connectivity index (χ1) is 8.72. The first kappa shape index (κ1) is 14.8. The van der Waals surface area contributed by atoms with Gasteiger partial charge in [0.15, 0.2) is 11.6 Å². The number of anilines is 1. The maximum Gasteiger partial charge on any atom is 0.169 e.